The molecule has 0 fully saturated rings. The molecule has 2 N–H and O–H groups in total. The Labute approximate surface area is 119 Å². The van der Waals surface area contributed by atoms with Gasteiger partial charge < -0.3 is 0 Å². The predicted molar refractivity (Wildman–Crippen MR) is 73.8 cm³/mol. The molecule has 1 heterocycles. The normalized spacial score (nSPS) is 9.56. The molecule has 0 amide bonds. The lowest BCUT2D eigenvalue weighted by Gasteiger charge is -2.06. The van der Waals surface area contributed by atoms with Gasteiger partial charge in [0.15, 0.2) is 0 Å². The number of hydrogen-bond donors (Lipinski definition) is 2. The zero-order valence-corrected chi connectivity index (χ0v) is 11.9. The highest BCUT2D eigenvalue weighted by Crippen LogP contribution is 2.35. The number of aromatic nitrogens is 2. The van der Waals surface area contributed by atoms with Crippen molar-refractivity contribution in [3.05, 3.63) is 21.2 Å². The standard InChI is InChI=1S/C10H4Br2N6/c11-7-1-8(12)10(6-4-15-17-9(6)7)18-16-5(2-13)3-14/h1,4,18H,(H,15,17). The van der Waals surface area contributed by atoms with Crippen LogP contribution in [0.3, 0.4) is 0 Å². The van der Waals surface area contributed by atoms with Gasteiger partial charge in [-0.15, -0.1) is 0 Å². The van der Waals surface area contributed by atoms with Gasteiger partial charge in [0.1, 0.15) is 12.1 Å². The van der Waals surface area contributed by atoms with Crippen LogP contribution in [-0.4, -0.2) is 15.9 Å². The lowest BCUT2D eigenvalue weighted by molar-refractivity contribution is 1.12. The monoisotopic (exact) mass is 366 g/mol. The van der Waals surface area contributed by atoms with E-state index in [0.29, 0.717) is 5.69 Å². The lowest BCUT2D eigenvalue weighted by atomic mass is 10.2. The second-order valence-corrected chi connectivity index (χ2v) is 4.88. The number of nitrogens with one attached hydrogen (secondary N) is 2. The van der Waals surface area contributed by atoms with E-state index in [-0.39, 0.29) is 5.71 Å². The van der Waals surface area contributed by atoms with Crippen molar-refractivity contribution in [3.63, 3.8) is 0 Å². The number of rotatable bonds is 2. The second-order valence-electron chi connectivity index (χ2n) is 3.17. The lowest BCUT2D eigenvalue weighted by Crippen LogP contribution is -1.97. The Bertz CT molecular complexity index is 702. The van der Waals surface area contributed by atoms with E-state index >= 15 is 0 Å². The maximum atomic E-state index is 8.61. The summed E-state index contributed by atoms with van der Waals surface area (Å²) >= 11 is 6.78. The van der Waals surface area contributed by atoms with E-state index in [4.69, 9.17) is 10.5 Å². The van der Waals surface area contributed by atoms with E-state index in [1.807, 2.05) is 6.07 Å². The SMILES string of the molecule is N#CC(C#N)=NNc1c(Br)cc(Br)c2[nH]ncc12. The van der Waals surface area contributed by atoms with Gasteiger partial charge in [0.2, 0.25) is 5.71 Å². The second kappa shape index (κ2) is 5.17. The van der Waals surface area contributed by atoms with Gasteiger partial charge >= 0.3 is 0 Å². The maximum absolute atomic E-state index is 8.61. The molecule has 0 aliphatic rings. The molecule has 0 saturated heterocycles. The van der Waals surface area contributed by atoms with Crippen molar-refractivity contribution >= 4 is 54.2 Å². The highest BCUT2D eigenvalue weighted by atomic mass is 79.9. The topological polar surface area (TPSA) is 101 Å². The van der Waals surface area contributed by atoms with E-state index in [1.165, 1.54) is 0 Å². The highest BCUT2D eigenvalue weighted by Gasteiger charge is 2.11. The van der Waals surface area contributed by atoms with Crippen LogP contribution >= 0.6 is 31.9 Å². The van der Waals surface area contributed by atoms with Crippen molar-refractivity contribution in [3.8, 4) is 12.1 Å². The summed E-state index contributed by atoms with van der Waals surface area (Å²) in [7, 11) is 0. The zero-order chi connectivity index (χ0) is 13.1. The number of aromatic amines is 1. The highest BCUT2D eigenvalue weighted by molar-refractivity contribution is 9.11. The first-order chi connectivity index (χ1) is 8.67. The van der Waals surface area contributed by atoms with Gasteiger partial charge in [-0.3, -0.25) is 10.5 Å². The van der Waals surface area contributed by atoms with Crippen molar-refractivity contribution in [1.29, 1.82) is 10.5 Å². The Morgan fingerprint density at radius 1 is 1.33 bits per heavy atom. The smallest absolute Gasteiger partial charge is 0.237 e. The fourth-order valence-electron chi connectivity index (χ4n) is 1.34. The van der Waals surface area contributed by atoms with Crippen LogP contribution in [-0.2, 0) is 0 Å². The molecule has 6 nitrogen and oxygen atoms in total. The summed E-state index contributed by atoms with van der Waals surface area (Å²) in [5, 5.41) is 28.5. The summed E-state index contributed by atoms with van der Waals surface area (Å²) in [6.45, 7) is 0. The third-order valence-electron chi connectivity index (χ3n) is 2.13. The minimum absolute atomic E-state index is 0.249. The van der Waals surface area contributed by atoms with Crippen molar-refractivity contribution in [2.75, 3.05) is 5.43 Å². The molecular formula is C10H4Br2N6. The molecule has 1 aromatic carbocycles. The van der Waals surface area contributed by atoms with Crippen LogP contribution < -0.4 is 5.43 Å². The van der Waals surface area contributed by atoms with Crippen LogP contribution in [0.5, 0.6) is 0 Å². The molecule has 0 spiro atoms. The largest absolute Gasteiger partial charge is 0.277 e. The predicted octanol–water partition coefficient (Wildman–Crippen LogP) is 2.90. The summed E-state index contributed by atoms with van der Waals surface area (Å²) in [6.07, 6.45) is 1.63. The van der Waals surface area contributed by atoms with E-state index in [9.17, 15) is 0 Å². The molecule has 18 heavy (non-hydrogen) atoms. The number of benzene rings is 1. The minimum atomic E-state index is -0.249. The average Bonchev–Trinajstić information content (AvgIpc) is 2.83. The molecule has 0 bridgehead atoms. The fourth-order valence-corrected chi connectivity index (χ4v) is 2.71. The Hall–Kier alpha value is -1.90. The zero-order valence-electron chi connectivity index (χ0n) is 8.70. The Balaban J connectivity index is 2.53. The summed E-state index contributed by atoms with van der Waals surface area (Å²) in [6, 6.07) is 5.16. The van der Waals surface area contributed by atoms with Crippen LogP contribution in [0.1, 0.15) is 0 Å². The first-order valence-corrected chi connectivity index (χ1v) is 6.21. The van der Waals surface area contributed by atoms with Crippen LogP contribution in [0, 0.1) is 22.7 Å². The summed E-state index contributed by atoms with van der Waals surface area (Å²) in [4.78, 5) is 0. The number of halogens is 2. The molecule has 8 heteroatoms. The minimum Gasteiger partial charge on any atom is -0.277 e. The molecule has 0 atom stereocenters. The number of anilines is 1. The van der Waals surface area contributed by atoms with Gasteiger partial charge in [-0.05, 0) is 37.9 Å². The molecule has 0 saturated carbocycles. The van der Waals surface area contributed by atoms with E-state index in [2.05, 4.69) is 52.6 Å². The Kier molecular flexibility index (Phi) is 3.60. The fraction of sp³-hybridized carbons (Fsp3) is 0. The van der Waals surface area contributed by atoms with E-state index in [0.717, 1.165) is 19.8 Å². The van der Waals surface area contributed by atoms with Gasteiger partial charge in [-0.2, -0.15) is 20.7 Å². The van der Waals surface area contributed by atoms with Crippen LogP contribution in [0.2, 0.25) is 0 Å². The number of nitrogens with zero attached hydrogens (tertiary/aromatic N) is 4. The van der Waals surface area contributed by atoms with Crippen molar-refractivity contribution < 1.29 is 0 Å². The molecule has 88 valence electrons. The number of nitriles is 2. The Morgan fingerprint density at radius 3 is 2.72 bits per heavy atom. The summed E-state index contributed by atoms with van der Waals surface area (Å²) in [5.41, 5.74) is 3.86. The summed E-state index contributed by atoms with van der Waals surface area (Å²) < 4.78 is 1.58. The quantitative estimate of drug-likeness (QED) is 0.629. The number of fused-ring (bicyclic) bond motifs is 1. The van der Waals surface area contributed by atoms with Crippen LogP contribution in [0.25, 0.3) is 10.9 Å². The molecule has 0 aliphatic heterocycles. The van der Waals surface area contributed by atoms with Crippen LogP contribution in [0.15, 0.2) is 26.3 Å². The molecule has 1 aromatic heterocycles. The first-order valence-electron chi connectivity index (χ1n) is 4.62. The molecule has 0 aliphatic carbocycles. The molecule has 2 aromatic rings. The molecular weight excluding hydrogens is 364 g/mol. The number of H-pyrrole nitrogens is 1. The van der Waals surface area contributed by atoms with Crippen LogP contribution in [0.4, 0.5) is 5.69 Å². The van der Waals surface area contributed by atoms with E-state index in [1.54, 1.807) is 18.3 Å². The van der Waals surface area contributed by atoms with Crippen molar-refractivity contribution in [2.45, 2.75) is 0 Å². The summed E-state index contributed by atoms with van der Waals surface area (Å²) in [5.74, 6) is 0. The van der Waals surface area contributed by atoms with Gasteiger partial charge in [0, 0.05) is 14.3 Å². The molecule has 0 unspecified atom stereocenters. The van der Waals surface area contributed by atoms with Crippen molar-refractivity contribution in [2.24, 2.45) is 5.10 Å². The third kappa shape index (κ3) is 2.21. The first kappa shape index (κ1) is 12.6. The van der Waals surface area contributed by atoms with Gasteiger partial charge in [-0.1, -0.05) is 0 Å². The van der Waals surface area contributed by atoms with Crippen molar-refractivity contribution in [1.82, 2.24) is 10.2 Å². The maximum Gasteiger partial charge on any atom is 0.237 e. The number of hydrogen-bond acceptors (Lipinski definition) is 5. The molecule has 0 radical (unpaired) electrons. The molecule has 2 rings (SSSR count). The van der Waals surface area contributed by atoms with Gasteiger partial charge in [-0.25, -0.2) is 0 Å². The van der Waals surface area contributed by atoms with Gasteiger partial charge in [0.05, 0.1) is 17.4 Å². The van der Waals surface area contributed by atoms with E-state index < -0.39 is 0 Å². The number of hydrazone groups is 1. The Morgan fingerprint density at radius 2 is 2.06 bits per heavy atom. The average molecular weight is 368 g/mol. The van der Waals surface area contributed by atoms with Gasteiger partial charge in [0.25, 0.3) is 0 Å². The third-order valence-corrected chi connectivity index (χ3v) is 3.38.